The van der Waals surface area contributed by atoms with Crippen molar-refractivity contribution in [2.75, 3.05) is 11.9 Å². The summed E-state index contributed by atoms with van der Waals surface area (Å²) in [6.45, 7) is 0.561. The Labute approximate surface area is 115 Å². The Morgan fingerprint density at radius 1 is 1.30 bits per heavy atom. The van der Waals surface area contributed by atoms with Crippen LogP contribution in [0, 0.1) is 21.4 Å². The van der Waals surface area contributed by atoms with E-state index in [-0.39, 0.29) is 5.69 Å². The van der Waals surface area contributed by atoms with E-state index in [1.54, 1.807) is 18.2 Å². The van der Waals surface area contributed by atoms with Crippen LogP contribution in [0.1, 0.15) is 11.1 Å². The number of anilines is 1. The van der Waals surface area contributed by atoms with Crippen LogP contribution in [0.5, 0.6) is 0 Å². The maximum Gasteiger partial charge on any atom is 0.269 e. The molecule has 0 atom stereocenters. The van der Waals surface area contributed by atoms with E-state index in [0.29, 0.717) is 24.3 Å². The minimum absolute atomic E-state index is 0.0717. The smallest absolute Gasteiger partial charge is 0.269 e. The van der Waals surface area contributed by atoms with Gasteiger partial charge >= 0.3 is 0 Å². The number of nitriles is 1. The predicted octanol–water partition coefficient (Wildman–Crippen LogP) is 1.91. The monoisotopic (exact) mass is 269 g/mol. The number of nitro benzene ring substituents is 1. The first-order chi connectivity index (χ1) is 9.70. The number of hydrogen-bond donors (Lipinski definition) is 1. The summed E-state index contributed by atoms with van der Waals surface area (Å²) < 4.78 is 0. The van der Waals surface area contributed by atoms with Crippen molar-refractivity contribution >= 4 is 11.5 Å². The number of nitrogens with one attached hydrogen (secondary N) is 1. The molecule has 0 unspecified atom stereocenters. The van der Waals surface area contributed by atoms with Gasteiger partial charge in [0.1, 0.15) is 6.07 Å². The molecule has 0 aliphatic rings. The summed E-state index contributed by atoms with van der Waals surface area (Å²) >= 11 is 0. The molecule has 0 spiro atoms. The van der Waals surface area contributed by atoms with Crippen molar-refractivity contribution in [3.63, 3.8) is 0 Å². The van der Waals surface area contributed by atoms with Crippen LogP contribution in [0.3, 0.4) is 0 Å². The summed E-state index contributed by atoms with van der Waals surface area (Å²) in [4.78, 5) is 10.1. The number of nitrogens with zero attached hydrogens (tertiary/aromatic N) is 4. The molecular weight excluding hydrogens is 258 g/mol. The molecule has 1 N–H and O–H groups in total. The summed E-state index contributed by atoms with van der Waals surface area (Å²) in [5.41, 5.74) is 1.47. The van der Waals surface area contributed by atoms with E-state index >= 15 is 0 Å². The fourth-order valence-corrected chi connectivity index (χ4v) is 1.66. The number of rotatable bonds is 5. The third-order valence-electron chi connectivity index (χ3n) is 2.69. The molecule has 2 rings (SSSR count). The van der Waals surface area contributed by atoms with Gasteiger partial charge < -0.3 is 5.32 Å². The molecule has 2 aromatic rings. The van der Waals surface area contributed by atoms with Gasteiger partial charge in [-0.25, -0.2) is 0 Å². The fraction of sp³-hybridized carbons (Fsp3) is 0.154. The molecule has 1 heterocycles. The van der Waals surface area contributed by atoms with Gasteiger partial charge in [0.2, 0.25) is 0 Å². The lowest BCUT2D eigenvalue weighted by Gasteiger charge is -2.05. The Morgan fingerprint density at radius 3 is 2.70 bits per heavy atom. The molecule has 1 aromatic heterocycles. The van der Waals surface area contributed by atoms with Crippen LogP contribution in [0.2, 0.25) is 0 Å². The van der Waals surface area contributed by atoms with Crippen molar-refractivity contribution in [1.82, 2.24) is 10.2 Å². The van der Waals surface area contributed by atoms with Gasteiger partial charge in [-0.05, 0) is 18.1 Å². The second-order valence-electron chi connectivity index (χ2n) is 4.01. The van der Waals surface area contributed by atoms with Gasteiger partial charge in [0, 0.05) is 18.7 Å². The van der Waals surface area contributed by atoms with E-state index in [1.165, 1.54) is 18.3 Å². The number of nitro groups is 1. The maximum absolute atomic E-state index is 10.5. The lowest BCUT2D eigenvalue weighted by molar-refractivity contribution is -0.384. The minimum atomic E-state index is -0.430. The number of non-ortho nitro benzene ring substituents is 1. The molecule has 0 fully saturated rings. The van der Waals surface area contributed by atoms with Crippen molar-refractivity contribution in [1.29, 1.82) is 5.26 Å². The number of aromatic nitrogens is 2. The van der Waals surface area contributed by atoms with Crippen LogP contribution < -0.4 is 5.32 Å². The molecule has 100 valence electrons. The van der Waals surface area contributed by atoms with Gasteiger partial charge in [-0.1, -0.05) is 12.1 Å². The second kappa shape index (κ2) is 6.24. The first-order valence-corrected chi connectivity index (χ1v) is 5.89. The minimum Gasteiger partial charge on any atom is -0.367 e. The predicted molar refractivity (Wildman–Crippen MR) is 72.0 cm³/mol. The zero-order valence-electron chi connectivity index (χ0n) is 10.5. The zero-order valence-corrected chi connectivity index (χ0v) is 10.5. The summed E-state index contributed by atoms with van der Waals surface area (Å²) in [5.74, 6) is 0.442. The van der Waals surface area contributed by atoms with Crippen LogP contribution >= 0.6 is 0 Å². The van der Waals surface area contributed by atoms with Gasteiger partial charge in [0.25, 0.3) is 5.69 Å². The largest absolute Gasteiger partial charge is 0.367 e. The van der Waals surface area contributed by atoms with Gasteiger partial charge in [-0.3, -0.25) is 10.1 Å². The summed E-state index contributed by atoms with van der Waals surface area (Å²) in [6, 6.07) is 9.97. The highest BCUT2D eigenvalue weighted by Gasteiger charge is 2.05. The normalized spacial score (nSPS) is 9.75. The Balaban J connectivity index is 1.93. The molecule has 0 aliphatic heterocycles. The quantitative estimate of drug-likeness (QED) is 0.656. The summed E-state index contributed by atoms with van der Waals surface area (Å²) in [6.07, 6.45) is 2.12. The molecule has 0 aliphatic carbocycles. The van der Waals surface area contributed by atoms with Crippen molar-refractivity contribution < 1.29 is 4.92 Å². The molecule has 0 radical (unpaired) electrons. The summed E-state index contributed by atoms with van der Waals surface area (Å²) in [5, 5.41) is 30.0. The Bertz CT molecular complexity index is 649. The molecule has 0 saturated heterocycles. The fourth-order valence-electron chi connectivity index (χ4n) is 1.66. The SMILES string of the molecule is N#Cc1ccnnc1NCCc1ccc([N+](=O)[O-])cc1. The van der Waals surface area contributed by atoms with Crippen molar-refractivity contribution in [2.45, 2.75) is 6.42 Å². The van der Waals surface area contributed by atoms with Crippen LogP contribution in [0.4, 0.5) is 11.5 Å². The first-order valence-electron chi connectivity index (χ1n) is 5.89. The molecule has 7 heteroatoms. The molecular formula is C13H11N5O2. The second-order valence-corrected chi connectivity index (χ2v) is 4.01. The van der Waals surface area contributed by atoms with Gasteiger partial charge in [0.15, 0.2) is 5.82 Å². The molecule has 0 amide bonds. The standard InChI is InChI=1S/C13H11N5O2/c14-9-11-6-8-16-17-13(11)15-7-5-10-1-3-12(4-2-10)18(19)20/h1-4,6,8H,5,7H2,(H,15,17). The van der Waals surface area contributed by atoms with E-state index in [1.807, 2.05) is 6.07 Å². The van der Waals surface area contributed by atoms with Crippen molar-refractivity contribution in [2.24, 2.45) is 0 Å². The lowest BCUT2D eigenvalue weighted by atomic mass is 10.1. The van der Waals surface area contributed by atoms with E-state index in [2.05, 4.69) is 15.5 Å². The van der Waals surface area contributed by atoms with Crippen LogP contribution in [-0.4, -0.2) is 21.7 Å². The highest BCUT2D eigenvalue weighted by Crippen LogP contribution is 2.13. The Kier molecular flexibility index (Phi) is 4.19. The van der Waals surface area contributed by atoms with E-state index in [9.17, 15) is 10.1 Å². The molecule has 0 bridgehead atoms. The van der Waals surface area contributed by atoms with Gasteiger partial charge in [-0.2, -0.15) is 10.4 Å². The first kappa shape index (κ1) is 13.4. The molecule has 0 saturated carbocycles. The van der Waals surface area contributed by atoms with Crippen molar-refractivity contribution in [3.05, 3.63) is 57.8 Å². The average molecular weight is 269 g/mol. The average Bonchev–Trinajstić information content (AvgIpc) is 2.48. The van der Waals surface area contributed by atoms with E-state index < -0.39 is 4.92 Å². The third kappa shape index (κ3) is 3.26. The molecule has 1 aromatic carbocycles. The zero-order chi connectivity index (χ0) is 14.4. The lowest BCUT2D eigenvalue weighted by Crippen LogP contribution is -2.08. The number of benzene rings is 1. The van der Waals surface area contributed by atoms with Crippen LogP contribution in [0.15, 0.2) is 36.5 Å². The Morgan fingerprint density at radius 2 is 2.05 bits per heavy atom. The Hall–Kier alpha value is -3.01. The summed E-state index contributed by atoms with van der Waals surface area (Å²) in [7, 11) is 0. The van der Waals surface area contributed by atoms with Crippen LogP contribution in [0.25, 0.3) is 0 Å². The topological polar surface area (TPSA) is 105 Å². The third-order valence-corrected chi connectivity index (χ3v) is 2.69. The highest BCUT2D eigenvalue weighted by atomic mass is 16.6. The molecule has 7 nitrogen and oxygen atoms in total. The number of hydrogen-bond acceptors (Lipinski definition) is 6. The highest BCUT2D eigenvalue weighted by molar-refractivity contribution is 5.50. The van der Waals surface area contributed by atoms with Crippen molar-refractivity contribution in [3.8, 4) is 6.07 Å². The van der Waals surface area contributed by atoms with Crippen LogP contribution in [-0.2, 0) is 6.42 Å². The maximum atomic E-state index is 10.5. The van der Waals surface area contributed by atoms with E-state index in [4.69, 9.17) is 5.26 Å². The van der Waals surface area contributed by atoms with E-state index in [0.717, 1.165) is 5.56 Å². The molecule has 20 heavy (non-hydrogen) atoms. The van der Waals surface area contributed by atoms with Gasteiger partial charge in [0.05, 0.1) is 16.7 Å². The van der Waals surface area contributed by atoms with Gasteiger partial charge in [-0.15, -0.1) is 5.10 Å².